The summed E-state index contributed by atoms with van der Waals surface area (Å²) in [5, 5.41) is 15.8. The van der Waals surface area contributed by atoms with Gasteiger partial charge in [0.1, 0.15) is 6.61 Å². The number of hydrogen-bond donors (Lipinski definition) is 2. The molecule has 0 aliphatic rings. The molecule has 0 radical (unpaired) electrons. The first-order valence-corrected chi connectivity index (χ1v) is 8.53. The summed E-state index contributed by atoms with van der Waals surface area (Å²) in [6.07, 6.45) is 4.19. The number of hydrogen-bond acceptors (Lipinski definition) is 5. The second kappa shape index (κ2) is 9.03. The fraction of sp³-hybridized carbons (Fsp3) is 0.765. The number of aliphatic hydroxyl groups is 1. The van der Waals surface area contributed by atoms with E-state index in [1.54, 1.807) is 0 Å². The summed E-state index contributed by atoms with van der Waals surface area (Å²) < 4.78 is 4.88. The number of carbonyl (C=O) groups is 1. The third-order valence-electron chi connectivity index (χ3n) is 4.93. The van der Waals surface area contributed by atoms with Gasteiger partial charge in [0, 0.05) is 17.6 Å². The SMILES string of the molecule is CCCCN(C)C(CC)(CC)C(C)NC(=O)c1cc(CO)on1. The van der Waals surface area contributed by atoms with E-state index in [0.29, 0.717) is 5.76 Å². The molecule has 6 nitrogen and oxygen atoms in total. The Morgan fingerprint density at radius 3 is 2.57 bits per heavy atom. The van der Waals surface area contributed by atoms with Gasteiger partial charge >= 0.3 is 0 Å². The molecule has 1 amide bonds. The molecule has 23 heavy (non-hydrogen) atoms. The van der Waals surface area contributed by atoms with Crippen LogP contribution in [0.3, 0.4) is 0 Å². The smallest absolute Gasteiger partial charge is 0.273 e. The van der Waals surface area contributed by atoms with Crippen molar-refractivity contribution in [1.82, 2.24) is 15.4 Å². The van der Waals surface area contributed by atoms with Crippen molar-refractivity contribution in [3.8, 4) is 0 Å². The summed E-state index contributed by atoms with van der Waals surface area (Å²) in [5.41, 5.74) is 0.118. The van der Waals surface area contributed by atoms with Gasteiger partial charge in [0.25, 0.3) is 5.91 Å². The van der Waals surface area contributed by atoms with Crippen molar-refractivity contribution >= 4 is 5.91 Å². The van der Waals surface area contributed by atoms with Crippen LogP contribution in [0.4, 0.5) is 0 Å². The largest absolute Gasteiger partial charge is 0.388 e. The van der Waals surface area contributed by atoms with E-state index in [2.05, 4.69) is 43.2 Å². The first kappa shape index (κ1) is 19.6. The standard InChI is InChI=1S/C17H31N3O3/c1-6-9-10-20(5)17(7-2,8-3)13(4)18-16(22)15-11-14(12-21)23-19-15/h11,13,21H,6-10,12H2,1-5H3,(H,18,22). The normalized spacial score (nSPS) is 13.3. The zero-order chi connectivity index (χ0) is 17.5. The Morgan fingerprint density at radius 2 is 2.09 bits per heavy atom. The van der Waals surface area contributed by atoms with E-state index in [-0.39, 0.29) is 29.8 Å². The Balaban J connectivity index is 2.84. The lowest BCUT2D eigenvalue weighted by atomic mass is 9.83. The van der Waals surface area contributed by atoms with E-state index in [0.717, 1.165) is 32.2 Å². The second-order valence-electron chi connectivity index (χ2n) is 6.12. The van der Waals surface area contributed by atoms with Gasteiger partial charge in [-0.25, -0.2) is 0 Å². The van der Waals surface area contributed by atoms with Crippen molar-refractivity contribution in [3.63, 3.8) is 0 Å². The zero-order valence-corrected chi connectivity index (χ0v) is 15.1. The minimum atomic E-state index is -0.267. The number of rotatable bonds is 10. The molecule has 1 atom stereocenters. The molecule has 0 aliphatic carbocycles. The summed E-state index contributed by atoms with van der Waals surface area (Å²) >= 11 is 0. The van der Waals surface area contributed by atoms with Gasteiger partial charge in [-0.2, -0.15) is 0 Å². The summed E-state index contributed by atoms with van der Waals surface area (Å²) in [6, 6.07) is 1.45. The molecule has 1 rings (SSSR count). The molecular weight excluding hydrogens is 294 g/mol. The number of carbonyl (C=O) groups excluding carboxylic acids is 1. The molecule has 0 saturated heterocycles. The van der Waals surface area contributed by atoms with Crippen molar-refractivity contribution in [2.45, 2.75) is 71.6 Å². The second-order valence-corrected chi connectivity index (χ2v) is 6.12. The Kier molecular flexibility index (Phi) is 7.72. The van der Waals surface area contributed by atoms with Gasteiger partial charge in [-0.15, -0.1) is 0 Å². The Hall–Kier alpha value is -1.40. The average Bonchev–Trinajstić information content (AvgIpc) is 3.03. The van der Waals surface area contributed by atoms with Crippen LogP contribution in [0.2, 0.25) is 0 Å². The van der Waals surface area contributed by atoms with Crippen LogP contribution in [0, 0.1) is 0 Å². The third-order valence-corrected chi connectivity index (χ3v) is 4.93. The van der Waals surface area contributed by atoms with E-state index in [9.17, 15) is 4.79 Å². The highest BCUT2D eigenvalue weighted by Gasteiger charge is 2.37. The van der Waals surface area contributed by atoms with Gasteiger partial charge in [0.2, 0.25) is 0 Å². The minimum absolute atomic E-state index is 0.0267. The highest BCUT2D eigenvalue weighted by Crippen LogP contribution is 2.27. The Bertz CT molecular complexity index is 483. The lowest BCUT2D eigenvalue weighted by molar-refractivity contribution is 0.0604. The van der Waals surface area contributed by atoms with Gasteiger partial charge in [-0.3, -0.25) is 9.69 Å². The zero-order valence-electron chi connectivity index (χ0n) is 15.1. The van der Waals surface area contributed by atoms with Crippen LogP contribution in [-0.2, 0) is 6.61 Å². The first-order valence-electron chi connectivity index (χ1n) is 8.53. The van der Waals surface area contributed by atoms with Gasteiger partial charge in [-0.05, 0) is 39.8 Å². The quantitative estimate of drug-likeness (QED) is 0.691. The van der Waals surface area contributed by atoms with Crippen molar-refractivity contribution in [3.05, 3.63) is 17.5 Å². The molecule has 1 unspecified atom stereocenters. The molecule has 6 heteroatoms. The lowest BCUT2D eigenvalue weighted by Gasteiger charge is -2.45. The molecule has 0 aromatic carbocycles. The maximum absolute atomic E-state index is 12.4. The fourth-order valence-corrected chi connectivity index (χ4v) is 3.25. The monoisotopic (exact) mass is 325 g/mol. The van der Waals surface area contributed by atoms with Crippen LogP contribution in [0.5, 0.6) is 0 Å². The lowest BCUT2D eigenvalue weighted by Crippen LogP contribution is -2.59. The molecule has 0 bridgehead atoms. The number of nitrogens with zero attached hydrogens (tertiary/aromatic N) is 2. The van der Waals surface area contributed by atoms with E-state index in [1.165, 1.54) is 6.07 Å². The topological polar surface area (TPSA) is 78.6 Å². The molecule has 1 aromatic rings. The number of nitrogens with one attached hydrogen (secondary N) is 1. The van der Waals surface area contributed by atoms with Gasteiger partial charge in [0.05, 0.1) is 0 Å². The van der Waals surface area contributed by atoms with Crippen LogP contribution in [0.15, 0.2) is 10.6 Å². The van der Waals surface area contributed by atoms with Crippen LogP contribution < -0.4 is 5.32 Å². The Labute approximate surface area is 139 Å². The Morgan fingerprint density at radius 1 is 1.43 bits per heavy atom. The molecule has 1 aromatic heterocycles. The number of likely N-dealkylation sites (N-methyl/N-ethyl adjacent to an activating group) is 1. The summed E-state index contributed by atoms with van der Waals surface area (Å²) in [5.74, 6) is 0.0243. The third kappa shape index (κ3) is 4.54. The van der Waals surface area contributed by atoms with Crippen molar-refractivity contribution in [1.29, 1.82) is 0 Å². The highest BCUT2D eigenvalue weighted by atomic mass is 16.5. The fourth-order valence-electron chi connectivity index (χ4n) is 3.25. The van der Waals surface area contributed by atoms with Crippen LogP contribution in [0.25, 0.3) is 0 Å². The van der Waals surface area contributed by atoms with Crippen LogP contribution in [0.1, 0.15) is 69.6 Å². The van der Waals surface area contributed by atoms with Crippen molar-refractivity contribution in [2.24, 2.45) is 0 Å². The van der Waals surface area contributed by atoms with Crippen molar-refractivity contribution in [2.75, 3.05) is 13.6 Å². The molecule has 0 saturated carbocycles. The number of aromatic nitrogens is 1. The number of aliphatic hydroxyl groups excluding tert-OH is 1. The average molecular weight is 325 g/mol. The van der Waals surface area contributed by atoms with Crippen LogP contribution in [-0.4, -0.2) is 46.2 Å². The summed E-state index contributed by atoms with van der Waals surface area (Å²) in [6.45, 7) is 9.30. The molecule has 2 N–H and O–H groups in total. The minimum Gasteiger partial charge on any atom is -0.388 e. The molecule has 1 heterocycles. The van der Waals surface area contributed by atoms with Crippen LogP contribution >= 0.6 is 0 Å². The maximum Gasteiger partial charge on any atom is 0.273 e. The molecule has 0 fully saturated rings. The first-order chi connectivity index (χ1) is 10.9. The molecule has 0 spiro atoms. The van der Waals surface area contributed by atoms with E-state index in [1.807, 2.05) is 6.92 Å². The van der Waals surface area contributed by atoms with Crippen molar-refractivity contribution < 1.29 is 14.4 Å². The van der Waals surface area contributed by atoms with Gasteiger partial charge in [0.15, 0.2) is 11.5 Å². The van der Waals surface area contributed by atoms with E-state index in [4.69, 9.17) is 9.63 Å². The van der Waals surface area contributed by atoms with Gasteiger partial charge in [-0.1, -0.05) is 32.3 Å². The summed E-state index contributed by atoms with van der Waals surface area (Å²) in [7, 11) is 2.13. The summed E-state index contributed by atoms with van der Waals surface area (Å²) in [4.78, 5) is 14.7. The van der Waals surface area contributed by atoms with E-state index < -0.39 is 0 Å². The maximum atomic E-state index is 12.4. The molecular formula is C17H31N3O3. The van der Waals surface area contributed by atoms with E-state index >= 15 is 0 Å². The molecule has 0 aliphatic heterocycles. The predicted molar refractivity (Wildman–Crippen MR) is 90.2 cm³/mol. The van der Waals surface area contributed by atoms with Gasteiger partial charge < -0.3 is 14.9 Å². The predicted octanol–water partition coefficient (Wildman–Crippen LogP) is 2.58. The number of amides is 1. The highest BCUT2D eigenvalue weighted by molar-refractivity contribution is 5.92. The molecule has 132 valence electrons. The number of unbranched alkanes of at least 4 members (excludes halogenated alkanes) is 1.